The van der Waals surface area contributed by atoms with E-state index in [0.29, 0.717) is 163 Å². The molecule has 24 rings (SSSR count). The summed E-state index contributed by atoms with van der Waals surface area (Å²) < 4.78 is 75.2. The third-order valence-electron chi connectivity index (χ3n) is 23.8. The number of pyridine rings is 4. The average molecular weight is 1670 g/mol. The number of fused-ring (bicyclic) bond motifs is 16. The molecule has 0 unspecified atom stereocenters. The van der Waals surface area contributed by atoms with Crippen LogP contribution in [0.25, 0.3) is 164 Å². The van der Waals surface area contributed by atoms with Crippen LogP contribution in [0.15, 0.2) is 291 Å². The smallest absolute Gasteiger partial charge is 0.120 e. The maximum atomic E-state index is 6.75. The Morgan fingerprint density at radius 1 is 0.183 bits per heavy atom. The van der Waals surface area contributed by atoms with Gasteiger partial charge in [-0.2, -0.15) is 0 Å². The molecule has 14 aromatic carbocycles. The van der Waals surface area contributed by atoms with Gasteiger partial charge >= 0.3 is 0 Å². The van der Waals surface area contributed by atoms with E-state index in [-0.39, 0.29) is 6.61 Å². The summed E-state index contributed by atoms with van der Waals surface area (Å²) >= 11 is 0. The van der Waals surface area contributed by atoms with E-state index < -0.39 is 0 Å². The van der Waals surface area contributed by atoms with Crippen LogP contribution in [0.1, 0.15) is 0 Å². The molecule has 0 saturated carbocycles. The van der Waals surface area contributed by atoms with E-state index in [4.69, 9.17) is 76.8 Å². The van der Waals surface area contributed by atoms with Gasteiger partial charge in [0, 0.05) is 81.4 Å². The molecule has 0 aliphatic carbocycles. The largest absolute Gasteiger partial charge is 0.491 e. The molecule has 630 valence electrons. The zero-order valence-corrected chi connectivity index (χ0v) is 70.3. The van der Waals surface area contributed by atoms with Gasteiger partial charge in [0.1, 0.15) is 49.4 Å². The van der Waals surface area contributed by atoms with Crippen LogP contribution in [0.4, 0.5) is 11.4 Å². The molecule has 6 aliphatic heterocycles. The molecule has 10 heterocycles. The fraction of sp³-hybridized carbons (Fsp3) is 0.222. The molecular weight excluding hydrogens is 1570 g/mol. The van der Waals surface area contributed by atoms with Gasteiger partial charge in [-0.25, -0.2) is 19.9 Å². The first-order valence-corrected chi connectivity index (χ1v) is 43.7. The first-order valence-electron chi connectivity index (χ1n) is 43.7. The van der Waals surface area contributed by atoms with E-state index in [0.717, 1.165) is 123 Å². The van der Waals surface area contributed by atoms with Crippen molar-refractivity contribution in [2.45, 2.75) is 0 Å². The molecule has 0 fully saturated rings. The molecule has 0 radical (unpaired) electrons. The highest BCUT2D eigenvalue weighted by Gasteiger charge is 2.23. The standard InChI is InChI=1S/C108H96N6O12/c1-3-13-89-85(9-1)87-11-5-7-15-91(87)97-69-79(29-39-93(89)97)113-45-49-115-54-58-120-62-66-124-82-33-21-74(22-34-82)102-43-27-78-25-38-96-100(72-104(112-108(96)107(78)110-102)75-23-35-83(36-24-75)125-67-63-121-59-55-117-50-46-113)99-71-84-37-41-95(99)103-44-28-77-18-17-76-26-42-101(109-105(76)106(77)111-103)73-19-31-81(32-20-73)123-65-61-119-57-53-116-51-47-114(48-52-118-56-60-122-64-68-126-84)80-30-40-94-90-14-4-2-10-86(90)88-12-6-8-16-92(88)98(94)70-80/h1-44,69-72H,45-68H2. The summed E-state index contributed by atoms with van der Waals surface area (Å²) in [7, 11) is 0. The highest BCUT2D eigenvalue weighted by Crippen LogP contribution is 2.45. The number of benzene rings is 14. The van der Waals surface area contributed by atoms with Crippen LogP contribution in [0.3, 0.4) is 0 Å². The Labute approximate surface area is 730 Å². The third-order valence-corrected chi connectivity index (χ3v) is 23.8. The quantitative estimate of drug-likeness (QED) is 0.153. The lowest BCUT2D eigenvalue weighted by molar-refractivity contribution is 0.0347. The Morgan fingerprint density at radius 3 is 0.865 bits per heavy atom. The van der Waals surface area contributed by atoms with Gasteiger partial charge in [0.05, 0.1) is 151 Å². The normalized spacial score (nSPS) is 15.6. The molecule has 126 heavy (non-hydrogen) atoms. The van der Waals surface area contributed by atoms with Crippen molar-refractivity contribution in [2.75, 3.05) is 168 Å². The summed E-state index contributed by atoms with van der Waals surface area (Å²) in [4.78, 5) is 26.8. The van der Waals surface area contributed by atoms with E-state index in [1.54, 1.807) is 0 Å². The number of anilines is 2. The van der Waals surface area contributed by atoms with Gasteiger partial charge in [0.25, 0.3) is 0 Å². The van der Waals surface area contributed by atoms with Gasteiger partial charge in [-0.3, -0.25) is 0 Å². The third kappa shape index (κ3) is 17.9. The van der Waals surface area contributed by atoms with Crippen LogP contribution in [0, 0.1) is 0 Å². The molecule has 18 aromatic rings. The summed E-state index contributed by atoms with van der Waals surface area (Å²) in [5.41, 5.74) is 13.7. The Kier molecular flexibility index (Phi) is 24.8. The lowest BCUT2D eigenvalue weighted by Gasteiger charge is -2.26. The predicted octanol–water partition coefficient (Wildman–Crippen LogP) is 21.8. The molecule has 0 amide bonds. The van der Waals surface area contributed by atoms with Crippen molar-refractivity contribution in [1.82, 2.24) is 19.9 Å². The number of hydrogen-bond acceptors (Lipinski definition) is 18. The number of ether oxygens (including phenoxy) is 12. The Hall–Kier alpha value is -13.2. The van der Waals surface area contributed by atoms with Crippen molar-refractivity contribution in [2.24, 2.45) is 0 Å². The van der Waals surface area contributed by atoms with Crippen molar-refractivity contribution in [3.8, 4) is 79.2 Å². The summed E-state index contributed by atoms with van der Waals surface area (Å²) in [5.74, 6) is 2.81. The van der Waals surface area contributed by atoms with Crippen molar-refractivity contribution in [1.29, 1.82) is 0 Å². The van der Waals surface area contributed by atoms with Crippen molar-refractivity contribution < 1.29 is 56.8 Å². The highest BCUT2D eigenvalue weighted by atomic mass is 16.6. The second kappa shape index (κ2) is 38.5. The molecular formula is C108H96N6O12. The second-order valence-corrected chi connectivity index (χ2v) is 31.6. The summed E-state index contributed by atoms with van der Waals surface area (Å²) in [6.07, 6.45) is 0. The van der Waals surface area contributed by atoms with Gasteiger partial charge in [0.2, 0.25) is 0 Å². The number of rotatable bonds is 3. The van der Waals surface area contributed by atoms with Crippen LogP contribution in [0.5, 0.6) is 23.0 Å². The van der Waals surface area contributed by atoms with Crippen LogP contribution < -0.4 is 28.7 Å². The molecule has 0 atom stereocenters. The summed E-state index contributed by atoms with van der Waals surface area (Å²) in [6, 6.07) is 102. The van der Waals surface area contributed by atoms with Crippen LogP contribution >= 0.6 is 0 Å². The molecule has 18 heteroatoms. The second-order valence-electron chi connectivity index (χ2n) is 31.6. The fourth-order valence-corrected chi connectivity index (χ4v) is 17.5. The monoisotopic (exact) mass is 1670 g/mol. The van der Waals surface area contributed by atoms with Crippen molar-refractivity contribution in [3.63, 3.8) is 0 Å². The first kappa shape index (κ1) is 81.1. The van der Waals surface area contributed by atoms with Crippen LogP contribution in [-0.4, -0.2) is 178 Å². The maximum Gasteiger partial charge on any atom is 0.120 e. The number of aromatic nitrogens is 4. The molecule has 0 saturated heterocycles. The summed E-state index contributed by atoms with van der Waals surface area (Å²) in [5, 5.41) is 18.5. The first-order chi connectivity index (χ1) is 62.5. The average Bonchev–Trinajstić information content (AvgIpc) is 0.748. The van der Waals surface area contributed by atoms with E-state index in [1.807, 2.05) is 66.7 Å². The molecule has 4 aromatic heterocycles. The minimum atomic E-state index is 0.281. The van der Waals surface area contributed by atoms with E-state index in [9.17, 15) is 0 Å². The minimum Gasteiger partial charge on any atom is -0.491 e. The van der Waals surface area contributed by atoms with Crippen molar-refractivity contribution in [3.05, 3.63) is 291 Å². The Morgan fingerprint density at radius 2 is 0.468 bits per heavy atom. The SMILES string of the molecule is c1ccc2c(c1)c1ccccc1c1cc(N3CCOCCOCCOc4ccc(cc4)-c4ccc5ccc6c(-c7cc8ccc7-c7ccc9ccc%10ccc(nc%10c9n7)-c7ccc(cc7)OCCOCCOCCN(c7ccc9c%10ccccc%10c%10ccccc%10c9c7)CCOCCOCCO8)cc(nc6c5n4)-c4ccc(cc4)OCCOCCOCC3)ccc21. The van der Waals surface area contributed by atoms with Crippen LogP contribution in [0.2, 0.25) is 0 Å². The van der Waals surface area contributed by atoms with Gasteiger partial charge in [-0.15, -0.1) is 0 Å². The molecule has 0 spiro atoms. The van der Waals surface area contributed by atoms with Crippen molar-refractivity contribution >= 4 is 120 Å². The molecule has 6 aliphatic rings. The Balaban J connectivity index is 0.592. The number of hydrogen-bond donors (Lipinski definition) is 0. The topological polar surface area (TPSA) is 169 Å². The molecule has 16 bridgehead atoms. The zero-order valence-electron chi connectivity index (χ0n) is 70.3. The van der Waals surface area contributed by atoms with Gasteiger partial charge in [-0.1, -0.05) is 152 Å². The number of nitrogens with zero attached hydrogens (tertiary/aromatic N) is 6. The molecule has 0 N–H and O–H groups in total. The van der Waals surface area contributed by atoms with Gasteiger partial charge in [-0.05, 0) is 215 Å². The summed E-state index contributed by atoms with van der Waals surface area (Å²) in [6.45, 7) is 10.9. The lowest BCUT2D eigenvalue weighted by Crippen LogP contribution is -2.31. The Bertz CT molecular complexity index is 6870. The maximum absolute atomic E-state index is 6.75. The van der Waals surface area contributed by atoms with Crippen LogP contribution in [-0.2, 0) is 37.9 Å². The van der Waals surface area contributed by atoms with Gasteiger partial charge in [0.15, 0.2) is 0 Å². The predicted molar refractivity (Wildman–Crippen MR) is 506 cm³/mol. The van der Waals surface area contributed by atoms with E-state index in [1.165, 1.54) is 64.6 Å². The highest BCUT2D eigenvalue weighted by molar-refractivity contribution is 6.27. The lowest BCUT2D eigenvalue weighted by atomic mass is 9.92. The zero-order chi connectivity index (χ0) is 84.2. The van der Waals surface area contributed by atoms with E-state index >= 15 is 0 Å². The van der Waals surface area contributed by atoms with E-state index in [2.05, 4.69) is 234 Å². The minimum absolute atomic E-state index is 0.281. The van der Waals surface area contributed by atoms with Gasteiger partial charge < -0.3 is 66.6 Å². The fourth-order valence-electron chi connectivity index (χ4n) is 17.5. The molecule has 18 nitrogen and oxygen atoms in total.